The minimum atomic E-state index is 0.531. The average molecular weight is 237 g/mol. The Morgan fingerprint density at radius 1 is 1.44 bits per heavy atom. The van der Waals surface area contributed by atoms with E-state index in [4.69, 9.17) is 0 Å². The minimum absolute atomic E-state index is 0.531. The summed E-state index contributed by atoms with van der Waals surface area (Å²) in [6.45, 7) is 3.44. The van der Waals surface area contributed by atoms with Gasteiger partial charge in [0.25, 0.3) is 0 Å². The Kier molecular flexibility index (Phi) is 4.86. The molecule has 1 atom stereocenters. The van der Waals surface area contributed by atoms with Crippen molar-refractivity contribution in [3.05, 3.63) is 22.4 Å². The molecule has 90 valence electrons. The Morgan fingerprint density at radius 2 is 2.25 bits per heavy atom. The first-order valence-electron chi connectivity index (χ1n) is 6.63. The van der Waals surface area contributed by atoms with Crippen LogP contribution in [0, 0.1) is 5.92 Å². The standard InChI is InChI=1S/C14H23NS/c1-12(14-9-5-11-16-14)15-10-4-8-13-6-2-3-7-13/h5,9,11-13,15H,2-4,6-8,10H2,1H3. The fraction of sp³-hybridized carbons (Fsp3) is 0.714. The van der Waals surface area contributed by atoms with Gasteiger partial charge < -0.3 is 5.32 Å². The topological polar surface area (TPSA) is 12.0 Å². The molecule has 1 nitrogen and oxygen atoms in total. The summed E-state index contributed by atoms with van der Waals surface area (Å²) < 4.78 is 0. The minimum Gasteiger partial charge on any atom is -0.309 e. The van der Waals surface area contributed by atoms with Crippen molar-refractivity contribution in [2.45, 2.75) is 51.5 Å². The van der Waals surface area contributed by atoms with E-state index in [0.717, 1.165) is 5.92 Å². The van der Waals surface area contributed by atoms with E-state index in [9.17, 15) is 0 Å². The van der Waals surface area contributed by atoms with E-state index in [2.05, 4.69) is 29.8 Å². The molecule has 1 aromatic heterocycles. The van der Waals surface area contributed by atoms with Crippen LogP contribution in [0.15, 0.2) is 17.5 Å². The van der Waals surface area contributed by atoms with Crippen LogP contribution in [0.25, 0.3) is 0 Å². The van der Waals surface area contributed by atoms with Gasteiger partial charge in [0.1, 0.15) is 0 Å². The Morgan fingerprint density at radius 3 is 2.94 bits per heavy atom. The van der Waals surface area contributed by atoms with E-state index >= 15 is 0 Å². The predicted molar refractivity (Wildman–Crippen MR) is 71.9 cm³/mol. The lowest BCUT2D eigenvalue weighted by Gasteiger charge is -2.13. The molecule has 2 heteroatoms. The Balaban J connectivity index is 1.57. The van der Waals surface area contributed by atoms with E-state index in [0.29, 0.717) is 6.04 Å². The summed E-state index contributed by atoms with van der Waals surface area (Å²) in [4.78, 5) is 1.46. The average Bonchev–Trinajstić information content (AvgIpc) is 2.96. The van der Waals surface area contributed by atoms with Gasteiger partial charge in [-0.1, -0.05) is 31.7 Å². The number of hydrogen-bond acceptors (Lipinski definition) is 2. The van der Waals surface area contributed by atoms with Crippen LogP contribution in [-0.4, -0.2) is 6.54 Å². The van der Waals surface area contributed by atoms with Gasteiger partial charge in [0, 0.05) is 10.9 Å². The maximum atomic E-state index is 3.62. The molecular formula is C14H23NS. The highest BCUT2D eigenvalue weighted by atomic mass is 32.1. The van der Waals surface area contributed by atoms with Crippen molar-refractivity contribution in [2.24, 2.45) is 5.92 Å². The molecule has 1 fully saturated rings. The molecule has 1 aliphatic carbocycles. The number of rotatable bonds is 6. The van der Waals surface area contributed by atoms with Crippen LogP contribution in [0.3, 0.4) is 0 Å². The molecule has 0 spiro atoms. The highest BCUT2D eigenvalue weighted by molar-refractivity contribution is 7.10. The van der Waals surface area contributed by atoms with Crippen molar-refractivity contribution in [2.75, 3.05) is 6.54 Å². The van der Waals surface area contributed by atoms with Gasteiger partial charge in [0.2, 0.25) is 0 Å². The van der Waals surface area contributed by atoms with Crippen LogP contribution in [-0.2, 0) is 0 Å². The molecule has 1 saturated carbocycles. The Bertz CT molecular complexity index is 275. The Labute approximate surface area is 103 Å². The SMILES string of the molecule is CC(NCCCC1CCCC1)c1cccs1. The van der Waals surface area contributed by atoms with Gasteiger partial charge in [0.05, 0.1) is 0 Å². The largest absolute Gasteiger partial charge is 0.309 e. The first-order chi connectivity index (χ1) is 7.86. The van der Waals surface area contributed by atoms with Gasteiger partial charge in [-0.3, -0.25) is 0 Å². The molecule has 0 saturated heterocycles. The van der Waals surface area contributed by atoms with Crippen LogP contribution < -0.4 is 5.32 Å². The van der Waals surface area contributed by atoms with Crippen molar-refractivity contribution in [1.29, 1.82) is 0 Å². The molecule has 0 aromatic carbocycles. The summed E-state index contributed by atoms with van der Waals surface area (Å²) in [5, 5.41) is 5.78. The molecule has 2 rings (SSSR count). The fourth-order valence-corrected chi connectivity index (χ4v) is 3.41. The summed E-state index contributed by atoms with van der Waals surface area (Å²) in [5.74, 6) is 1.04. The zero-order valence-corrected chi connectivity index (χ0v) is 11.1. The van der Waals surface area contributed by atoms with Gasteiger partial charge in [-0.25, -0.2) is 0 Å². The Hall–Kier alpha value is -0.340. The van der Waals surface area contributed by atoms with Crippen molar-refractivity contribution < 1.29 is 0 Å². The normalized spacial score (nSPS) is 19.1. The van der Waals surface area contributed by atoms with Gasteiger partial charge in [-0.15, -0.1) is 11.3 Å². The van der Waals surface area contributed by atoms with Gasteiger partial charge in [0.15, 0.2) is 0 Å². The molecule has 1 unspecified atom stereocenters. The zero-order chi connectivity index (χ0) is 11.2. The fourth-order valence-electron chi connectivity index (χ4n) is 2.65. The van der Waals surface area contributed by atoms with Crippen LogP contribution >= 0.6 is 11.3 Å². The number of hydrogen-bond donors (Lipinski definition) is 1. The van der Waals surface area contributed by atoms with Crippen LogP contribution in [0.4, 0.5) is 0 Å². The van der Waals surface area contributed by atoms with E-state index in [1.165, 1.54) is 49.9 Å². The van der Waals surface area contributed by atoms with Gasteiger partial charge in [-0.05, 0) is 43.7 Å². The lowest BCUT2D eigenvalue weighted by Crippen LogP contribution is -2.19. The van der Waals surface area contributed by atoms with Crippen LogP contribution in [0.1, 0.15) is 56.4 Å². The van der Waals surface area contributed by atoms with Crippen molar-refractivity contribution in [1.82, 2.24) is 5.32 Å². The monoisotopic (exact) mass is 237 g/mol. The van der Waals surface area contributed by atoms with Crippen LogP contribution in [0.5, 0.6) is 0 Å². The molecule has 0 aliphatic heterocycles. The molecule has 16 heavy (non-hydrogen) atoms. The third-order valence-electron chi connectivity index (χ3n) is 3.68. The zero-order valence-electron chi connectivity index (χ0n) is 10.2. The summed E-state index contributed by atoms with van der Waals surface area (Å²) in [5.41, 5.74) is 0. The van der Waals surface area contributed by atoms with Crippen LogP contribution in [0.2, 0.25) is 0 Å². The summed E-state index contributed by atoms with van der Waals surface area (Å²) in [6, 6.07) is 4.89. The number of nitrogens with one attached hydrogen (secondary N) is 1. The first-order valence-corrected chi connectivity index (χ1v) is 7.51. The molecule has 0 bridgehead atoms. The highest BCUT2D eigenvalue weighted by Gasteiger charge is 2.14. The van der Waals surface area contributed by atoms with Crippen molar-refractivity contribution in [3.63, 3.8) is 0 Å². The van der Waals surface area contributed by atoms with Crippen molar-refractivity contribution >= 4 is 11.3 Å². The third-order valence-corrected chi connectivity index (χ3v) is 4.74. The third kappa shape index (κ3) is 3.60. The summed E-state index contributed by atoms with van der Waals surface area (Å²) in [7, 11) is 0. The molecule has 1 aliphatic rings. The first kappa shape index (κ1) is 12.1. The molecule has 1 heterocycles. The second kappa shape index (κ2) is 6.41. The van der Waals surface area contributed by atoms with Crippen molar-refractivity contribution in [3.8, 4) is 0 Å². The predicted octanol–water partition coefficient (Wildman–Crippen LogP) is 4.37. The summed E-state index contributed by atoms with van der Waals surface area (Å²) in [6.07, 6.45) is 8.71. The van der Waals surface area contributed by atoms with Gasteiger partial charge >= 0.3 is 0 Å². The number of thiophene rings is 1. The lowest BCUT2D eigenvalue weighted by molar-refractivity contribution is 0.457. The summed E-state index contributed by atoms with van der Waals surface area (Å²) >= 11 is 1.85. The molecule has 1 N–H and O–H groups in total. The second-order valence-corrected chi connectivity index (χ2v) is 5.96. The van der Waals surface area contributed by atoms with E-state index in [-0.39, 0.29) is 0 Å². The quantitative estimate of drug-likeness (QED) is 0.724. The smallest absolute Gasteiger partial charge is 0.0386 e. The molecule has 0 radical (unpaired) electrons. The highest BCUT2D eigenvalue weighted by Crippen LogP contribution is 2.28. The maximum absolute atomic E-state index is 3.62. The molecule has 1 aromatic rings. The second-order valence-electron chi connectivity index (χ2n) is 4.98. The maximum Gasteiger partial charge on any atom is 0.0386 e. The molecule has 0 amide bonds. The molecular weight excluding hydrogens is 214 g/mol. The van der Waals surface area contributed by atoms with E-state index in [1.807, 2.05) is 11.3 Å². The lowest BCUT2D eigenvalue weighted by atomic mass is 10.0. The van der Waals surface area contributed by atoms with E-state index < -0.39 is 0 Å². The van der Waals surface area contributed by atoms with Gasteiger partial charge in [-0.2, -0.15) is 0 Å². The van der Waals surface area contributed by atoms with E-state index in [1.54, 1.807) is 0 Å².